The van der Waals surface area contributed by atoms with Crippen molar-refractivity contribution in [1.82, 2.24) is 0 Å². The van der Waals surface area contributed by atoms with Crippen molar-refractivity contribution in [2.75, 3.05) is 0 Å². The second-order valence-electron chi connectivity index (χ2n) is 3.68. The van der Waals surface area contributed by atoms with Crippen molar-refractivity contribution in [3.8, 4) is 0 Å². The van der Waals surface area contributed by atoms with Crippen molar-refractivity contribution in [1.29, 1.82) is 0 Å². The van der Waals surface area contributed by atoms with E-state index in [1.54, 1.807) is 0 Å². The summed E-state index contributed by atoms with van der Waals surface area (Å²) < 4.78 is 0. The monoisotopic (exact) mass is 316 g/mol. The fourth-order valence-electron chi connectivity index (χ4n) is 0.956. The molecular weight excluding hydrogens is 295 g/mol. The van der Waals surface area contributed by atoms with Gasteiger partial charge in [0, 0.05) is 0 Å². The van der Waals surface area contributed by atoms with E-state index in [9.17, 15) is 0 Å². The second kappa shape index (κ2) is 14.1. The van der Waals surface area contributed by atoms with Crippen LogP contribution in [0.2, 0.25) is 0 Å². The number of rotatable bonds is 0. The molecule has 18 heavy (non-hydrogen) atoms. The minimum Gasteiger partial charge on any atom is -0.199 e. The van der Waals surface area contributed by atoms with Gasteiger partial charge in [-0.05, 0) is 0 Å². The largest absolute Gasteiger partial charge is 2.00 e. The molecule has 0 atom stereocenters. The van der Waals surface area contributed by atoms with Crippen LogP contribution in [-0.4, -0.2) is 0 Å². The van der Waals surface area contributed by atoms with Crippen LogP contribution < -0.4 is 0 Å². The van der Waals surface area contributed by atoms with E-state index in [0.717, 1.165) is 11.1 Å². The molecule has 0 bridgehead atoms. The van der Waals surface area contributed by atoms with Crippen molar-refractivity contribution in [3.63, 3.8) is 0 Å². The van der Waals surface area contributed by atoms with Gasteiger partial charge in [-0.1, -0.05) is 32.4 Å². The van der Waals surface area contributed by atoms with Crippen LogP contribution in [0.5, 0.6) is 0 Å². The maximum absolute atomic E-state index is 3.72. The minimum atomic E-state index is 0. The van der Waals surface area contributed by atoms with Gasteiger partial charge in [0.25, 0.3) is 0 Å². The molecule has 0 aromatic heterocycles. The van der Waals surface area contributed by atoms with Crippen LogP contribution in [0.1, 0.15) is 31.4 Å². The Kier molecular flexibility index (Phi) is 15.2. The topological polar surface area (TPSA) is 0 Å². The Balaban J connectivity index is 0. The van der Waals surface area contributed by atoms with E-state index >= 15 is 0 Å². The van der Waals surface area contributed by atoms with Crippen molar-refractivity contribution >= 4 is 0 Å². The molecule has 0 amide bonds. The number of hydrogen-bond donors (Lipinski definition) is 0. The minimum absolute atomic E-state index is 0. The third-order valence-electron chi connectivity index (χ3n) is 1.69. The van der Waals surface area contributed by atoms with E-state index in [0.29, 0.717) is 0 Å². The number of benzene rings is 2. The van der Waals surface area contributed by atoms with Gasteiger partial charge in [0.1, 0.15) is 0 Å². The summed E-state index contributed by atoms with van der Waals surface area (Å²) in [5, 5.41) is 0. The molecule has 2 aromatic carbocycles. The first-order valence-corrected chi connectivity index (χ1v) is 5.94. The summed E-state index contributed by atoms with van der Waals surface area (Å²) in [4.78, 5) is 0. The van der Waals surface area contributed by atoms with Crippen LogP contribution in [0, 0.1) is 13.8 Å². The number of hydrogen-bond acceptors (Lipinski definition) is 0. The van der Waals surface area contributed by atoms with E-state index in [4.69, 9.17) is 0 Å². The molecule has 1 heteroatoms. The zero-order valence-corrected chi connectivity index (χ0v) is 13.9. The van der Waals surface area contributed by atoms with Crippen LogP contribution >= 0.6 is 0 Å². The summed E-state index contributed by atoms with van der Waals surface area (Å²) in [6, 6.07) is 19.7. The fourth-order valence-corrected chi connectivity index (χ4v) is 0.956. The molecule has 0 saturated heterocycles. The molecule has 2 rings (SSSR count). The van der Waals surface area contributed by atoms with Crippen LogP contribution in [0.3, 0.4) is 0 Å². The van der Waals surface area contributed by atoms with Gasteiger partial charge in [-0.2, -0.15) is 49.2 Å². The van der Waals surface area contributed by atoms with Gasteiger partial charge in [0.2, 0.25) is 0 Å². The van der Waals surface area contributed by atoms with Crippen LogP contribution in [0.4, 0.5) is 0 Å². The predicted molar refractivity (Wildman–Crippen MR) is 77.8 cm³/mol. The first-order chi connectivity index (χ1) is 8.20. The van der Waals surface area contributed by atoms with Crippen LogP contribution in [0.15, 0.2) is 60.7 Å². The molecule has 0 nitrogen and oxygen atoms in total. The Morgan fingerprint density at radius 3 is 1.00 bits per heavy atom. The summed E-state index contributed by atoms with van der Waals surface area (Å²) in [6.07, 6.45) is 1.25. The van der Waals surface area contributed by atoms with E-state index in [1.165, 1.54) is 6.42 Å². The molecule has 0 saturated carbocycles. The van der Waals surface area contributed by atoms with Crippen molar-refractivity contribution in [3.05, 3.63) is 85.6 Å². The Labute approximate surface area is 132 Å². The summed E-state index contributed by atoms with van der Waals surface area (Å²) >= 11 is 0. The van der Waals surface area contributed by atoms with E-state index in [-0.39, 0.29) is 26.2 Å². The molecule has 94 valence electrons. The molecule has 0 radical (unpaired) electrons. The summed E-state index contributed by atoms with van der Waals surface area (Å²) in [7, 11) is 0. The van der Waals surface area contributed by atoms with Crippen LogP contribution in [0.25, 0.3) is 0 Å². The quantitative estimate of drug-likeness (QED) is 0.589. The van der Waals surface area contributed by atoms with Gasteiger partial charge in [-0.25, -0.2) is 0 Å². The summed E-state index contributed by atoms with van der Waals surface area (Å²) in [6.45, 7) is 11.7. The van der Waals surface area contributed by atoms with Crippen molar-refractivity contribution < 1.29 is 26.2 Å². The summed E-state index contributed by atoms with van der Waals surface area (Å²) in [5.74, 6) is 0. The predicted octanol–water partition coefficient (Wildman–Crippen LogP) is 5.15. The first-order valence-electron chi connectivity index (χ1n) is 5.94. The molecule has 0 aliphatic rings. The molecule has 0 N–H and O–H groups in total. The Morgan fingerprint density at radius 2 is 0.889 bits per heavy atom. The van der Waals surface area contributed by atoms with Gasteiger partial charge in [-0.3, -0.25) is 0 Å². The van der Waals surface area contributed by atoms with E-state index in [2.05, 4.69) is 27.7 Å². The summed E-state index contributed by atoms with van der Waals surface area (Å²) in [5.41, 5.74) is 2.14. The van der Waals surface area contributed by atoms with Gasteiger partial charge in [0.15, 0.2) is 0 Å². The average molecular weight is 318 g/mol. The third-order valence-corrected chi connectivity index (χ3v) is 1.69. The maximum atomic E-state index is 3.72. The fraction of sp³-hybridized carbons (Fsp3) is 0.176. The SMILES string of the molecule is CCC.[CH2-]c1ccccc1.[CH2-]c1ccccc1.[Zr+2]. The van der Waals surface area contributed by atoms with E-state index < -0.39 is 0 Å². The Hall–Kier alpha value is -0.937. The Bertz CT molecular complexity index is 316. The molecule has 0 fully saturated rings. The van der Waals surface area contributed by atoms with Crippen LogP contribution in [-0.2, 0) is 26.2 Å². The van der Waals surface area contributed by atoms with Gasteiger partial charge >= 0.3 is 26.2 Å². The molecule has 0 heterocycles. The standard InChI is InChI=1S/2C7H7.C3H8.Zr/c2*1-7-5-3-2-4-6-7;1-3-2;/h2*2-6H,1H2;3H2,1-2H3;/q2*-1;;+2. The van der Waals surface area contributed by atoms with Crippen molar-refractivity contribution in [2.45, 2.75) is 20.3 Å². The first kappa shape index (κ1) is 19.4. The zero-order valence-electron chi connectivity index (χ0n) is 11.4. The third kappa shape index (κ3) is 13.1. The smallest absolute Gasteiger partial charge is 0.199 e. The zero-order chi connectivity index (χ0) is 12.9. The molecule has 0 aliphatic carbocycles. The second-order valence-corrected chi connectivity index (χ2v) is 3.68. The molecular formula is C17H22Zr. The van der Waals surface area contributed by atoms with Gasteiger partial charge in [0.05, 0.1) is 0 Å². The molecule has 0 spiro atoms. The average Bonchev–Trinajstić information content (AvgIpc) is 2.33. The Morgan fingerprint density at radius 1 is 0.667 bits per heavy atom. The maximum Gasteiger partial charge on any atom is 2.00 e. The molecule has 0 aliphatic heterocycles. The molecule has 0 unspecified atom stereocenters. The van der Waals surface area contributed by atoms with Gasteiger partial charge < -0.3 is 0 Å². The molecule has 2 aromatic rings. The van der Waals surface area contributed by atoms with E-state index in [1.807, 2.05) is 60.7 Å². The van der Waals surface area contributed by atoms with Crippen molar-refractivity contribution in [2.24, 2.45) is 0 Å². The normalized spacial score (nSPS) is 7.67. The van der Waals surface area contributed by atoms with Gasteiger partial charge in [-0.15, -0.1) is 24.3 Å².